The molecule has 21 heavy (non-hydrogen) atoms. The zero-order valence-corrected chi connectivity index (χ0v) is 14.5. The molecule has 5 heteroatoms. The van der Waals surface area contributed by atoms with Gasteiger partial charge in [-0.15, -0.1) is 0 Å². The van der Waals surface area contributed by atoms with E-state index in [1.807, 2.05) is 20.8 Å². The van der Waals surface area contributed by atoms with Gasteiger partial charge in [0.1, 0.15) is 6.04 Å². The Labute approximate surface area is 134 Å². The van der Waals surface area contributed by atoms with E-state index in [-0.39, 0.29) is 5.91 Å². The molecule has 1 rings (SSSR count). The van der Waals surface area contributed by atoms with Crippen molar-refractivity contribution < 1.29 is 14.3 Å². The highest BCUT2D eigenvalue weighted by atomic mass is 79.9. The lowest BCUT2D eigenvalue weighted by atomic mass is 10.1. The second kappa shape index (κ2) is 8.17. The van der Waals surface area contributed by atoms with Crippen molar-refractivity contribution in [3.63, 3.8) is 0 Å². The van der Waals surface area contributed by atoms with E-state index >= 15 is 0 Å². The highest BCUT2D eigenvalue weighted by molar-refractivity contribution is 9.10. The maximum Gasteiger partial charge on any atom is 0.328 e. The van der Waals surface area contributed by atoms with Gasteiger partial charge < -0.3 is 10.1 Å². The largest absolute Gasteiger partial charge is 0.467 e. The molecule has 0 saturated heterocycles. The highest BCUT2D eigenvalue weighted by Crippen LogP contribution is 2.22. The average molecular weight is 356 g/mol. The van der Waals surface area contributed by atoms with Gasteiger partial charge in [0.05, 0.1) is 7.11 Å². The molecule has 0 aliphatic heterocycles. The average Bonchev–Trinajstić information content (AvgIpc) is 2.47. The number of carbonyl (C=O) groups is 2. The van der Waals surface area contributed by atoms with E-state index in [9.17, 15) is 9.59 Å². The number of halogens is 1. The minimum Gasteiger partial charge on any atom is -0.467 e. The minimum atomic E-state index is -0.591. The Morgan fingerprint density at radius 3 is 2.33 bits per heavy atom. The van der Waals surface area contributed by atoms with Crippen LogP contribution in [-0.2, 0) is 9.53 Å². The number of rotatable bonds is 6. The van der Waals surface area contributed by atoms with Crippen molar-refractivity contribution in [3.05, 3.63) is 33.3 Å². The molecule has 4 nitrogen and oxygen atoms in total. The smallest absolute Gasteiger partial charge is 0.328 e. The molecule has 0 heterocycles. The minimum absolute atomic E-state index is 0.250. The summed E-state index contributed by atoms with van der Waals surface area (Å²) in [4.78, 5) is 24.0. The van der Waals surface area contributed by atoms with Crippen molar-refractivity contribution in [1.29, 1.82) is 0 Å². The Bertz CT molecular complexity index is 505. The molecular weight excluding hydrogens is 334 g/mol. The van der Waals surface area contributed by atoms with Crippen LogP contribution in [0, 0.1) is 13.8 Å². The van der Waals surface area contributed by atoms with E-state index < -0.39 is 12.0 Å². The highest BCUT2D eigenvalue weighted by Gasteiger charge is 2.22. The Balaban J connectivity index is 2.88. The molecule has 0 unspecified atom stereocenters. The van der Waals surface area contributed by atoms with Gasteiger partial charge in [-0.3, -0.25) is 4.79 Å². The molecule has 1 amide bonds. The molecule has 1 atom stereocenters. The summed E-state index contributed by atoms with van der Waals surface area (Å²) in [6, 6.07) is 3.02. The van der Waals surface area contributed by atoms with Gasteiger partial charge in [-0.2, -0.15) is 0 Å². The van der Waals surface area contributed by atoms with Crippen molar-refractivity contribution in [2.45, 2.75) is 46.1 Å². The maximum atomic E-state index is 12.3. The van der Waals surface area contributed by atoms with Gasteiger partial charge in [-0.25, -0.2) is 4.79 Å². The lowest BCUT2D eigenvalue weighted by Gasteiger charge is -2.17. The number of amides is 1. The number of aryl methyl sites for hydroxylation is 2. The molecule has 0 aliphatic carbocycles. The second-order valence-electron chi connectivity index (χ2n) is 5.12. The molecule has 0 aromatic heterocycles. The van der Waals surface area contributed by atoms with E-state index in [4.69, 9.17) is 4.74 Å². The lowest BCUT2D eigenvalue weighted by Crippen LogP contribution is -2.41. The summed E-state index contributed by atoms with van der Waals surface area (Å²) in [5.74, 6) is -0.650. The quantitative estimate of drug-likeness (QED) is 0.794. The van der Waals surface area contributed by atoms with Gasteiger partial charge >= 0.3 is 5.97 Å². The van der Waals surface area contributed by atoms with E-state index in [1.165, 1.54) is 7.11 Å². The molecule has 0 bridgehead atoms. The van der Waals surface area contributed by atoms with Crippen LogP contribution in [0.5, 0.6) is 0 Å². The first kappa shape index (κ1) is 17.7. The van der Waals surface area contributed by atoms with Crippen LogP contribution in [0.2, 0.25) is 0 Å². The molecule has 1 aromatic carbocycles. The molecule has 1 aromatic rings. The lowest BCUT2D eigenvalue weighted by molar-refractivity contribution is -0.143. The third-order valence-electron chi connectivity index (χ3n) is 3.34. The van der Waals surface area contributed by atoms with Gasteiger partial charge in [0.25, 0.3) is 5.91 Å². The molecule has 0 saturated carbocycles. The summed E-state index contributed by atoms with van der Waals surface area (Å²) in [5, 5.41) is 2.76. The Morgan fingerprint density at radius 1 is 1.29 bits per heavy atom. The first-order valence-corrected chi connectivity index (χ1v) is 7.85. The Morgan fingerprint density at radius 2 is 1.86 bits per heavy atom. The number of hydrogen-bond acceptors (Lipinski definition) is 3. The predicted octanol–water partition coefficient (Wildman–Crippen LogP) is 3.53. The number of ether oxygens (including phenoxy) is 1. The zero-order valence-electron chi connectivity index (χ0n) is 13.0. The topological polar surface area (TPSA) is 55.4 Å². The van der Waals surface area contributed by atoms with Crippen LogP contribution in [0.1, 0.15) is 47.7 Å². The molecular formula is C16H22BrNO3. The summed E-state index contributed by atoms with van der Waals surface area (Å²) in [7, 11) is 1.33. The Kier molecular flexibility index (Phi) is 6.89. The number of hydrogen-bond donors (Lipinski definition) is 1. The van der Waals surface area contributed by atoms with Gasteiger partial charge in [0.2, 0.25) is 0 Å². The van der Waals surface area contributed by atoms with Gasteiger partial charge in [-0.05, 0) is 43.5 Å². The van der Waals surface area contributed by atoms with E-state index in [0.717, 1.165) is 28.4 Å². The van der Waals surface area contributed by atoms with Crippen molar-refractivity contribution >= 4 is 27.8 Å². The number of esters is 1. The fourth-order valence-corrected chi connectivity index (χ4v) is 2.35. The van der Waals surface area contributed by atoms with E-state index in [2.05, 4.69) is 21.2 Å². The van der Waals surface area contributed by atoms with Crippen LogP contribution < -0.4 is 5.32 Å². The van der Waals surface area contributed by atoms with E-state index in [1.54, 1.807) is 12.1 Å². The van der Waals surface area contributed by atoms with Crippen LogP contribution >= 0.6 is 15.9 Å². The summed E-state index contributed by atoms with van der Waals surface area (Å²) in [6.45, 7) is 5.91. The normalized spacial score (nSPS) is 11.9. The number of carbonyl (C=O) groups excluding carboxylic acids is 2. The van der Waals surface area contributed by atoms with Crippen molar-refractivity contribution in [3.8, 4) is 0 Å². The van der Waals surface area contributed by atoms with Crippen molar-refractivity contribution in [1.82, 2.24) is 5.32 Å². The fourth-order valence-electron chi connectivity index (χ4n) is 2.12. The summed E-state index contributed by atoms with van der Waals surface area (Å²) in [6.07, 6.45) is 2.40. The Hall–Kier alpha value is -1.36. The molecule has 0 aliphatic rings. The maximum absolute atomic E-state index is 12.3. The number of unbranched alkanes of at least 4 members (excludes halogenated alkanes) is 1. The van der Waals surface area contributed by atoms with Crippen LogP contribution in [0.4, 0.5) is 0 Å². The monoisotopic (exact) mass is 355 g/mol. The fraction of sp³-hybridized carbons (Fsp3) is 0.500. The number of methoxy groups -OCH3 is 1. The summed E-state index contributed by atoms with van der Waals surface area (Å²) >= 11 is 3.48. The first-order chi connectivity index (χ1) is 9.90. The van der Waals surface area contributed by atoms with E-state index in [0.29, 0.717) is 12.0 Å². The predicted molar refractivity (Wildman–Crippen MR) is 86.4 cm³/mol. The zero-order chi connectivity index (χ0) is 16.0. The van der Waals surface area contributed by atoms with Gasteiger partial charge in [0, 0.05) is 10.0 Å². The number of nitrogens with one attached hydrogen (secondary N) is 1. The standard InChI is InChI=1S/C16H22BrNO3/c1-5-6-7-13(16(20)21-4)18-15(19)12-8-10(2)14(17)11(3)9-12/h8-9,13H,5-7H2,1-4H3,(H,18,19)/t13-/m1/s1. The van der Waals surface area contributed by atoms with Crippen molar-refractivity contribution in [2.24, 2.45) is 0 Å². The van der Waals surface area contributed by atoms with Crippen LogP contribution in [0.3, 0.4) is 0 Å². The SMILES string of the molecule is CCCC[C@@H](NC(=O)c1cc(C)c(Br)c(C)c1)C(=O)OC. The van der Waals surface area contributed by atoms with Gasteiger partial charge in [-0.1, -0.05) is 35.7 Å². The molecule has 116 valence electrons. The molecule has 1 N–H and O–H groups in total. The summed E-state index contributed by atoms with van der Waals surface area (Å²) in [5.41, 5.74) is 2.53. The first-order valence-electron chi connectivity index (χ1n) is 7.06. The molecule has 0 radical (unpaired) electrons. The van der Waals surface area contributed by atoms with Crippen LogP contribution in [-0.4, -0.2) is 25.0 Å². The third kappa shape index (κ3) is 4.84. The van der Waals surface area contributed by atoms with Gasteiger partial charge in [0.15, 0.2) is 0 Å². The second-order valence-corrected chi connectivity index (χ2v) is 5.91. The third-order valence-corrected chi connectivity index (χ3v) is 4.59. The van der Waals surface area contributed by atoms with Crippen LogP contribution in [0.25, 0.3) is 0 Å². The molecule has 0 spiro atoms. The molecule has 0 fully saturated rings. The van der Waals surface area contributed by atoms with Crippen LogP contribution in [0.15, 0.2) is 16.6 Å². The number of benzene rings is 1. The summed E-state index contributed by atoms with van der Waals surface area (Å²) < 4.78 is 5.75. The van der Waals surface area contributed by atoms with Crippen molar-refractivity contribution in [2.75, 3.05) is 7.11 Å².